The van der Waals surface area contributed by atoms with Crippen LogP contribution < -0.4 is 0 Å². The molecule has 2 nitrogen and oxygen atoms in total. The van der Waals surface area contributed by atoms with Crippen LogP contribution in [0.2, 0.25) is 0 Å². The Balaban J connectivity index is 2.54. The Morgan fingerprint density at radius 2 is 1.75 bits per heavy atom. The molecule has 1 aromatic carbocycles. The number of hydrogen-bond acceptors (Lipinski definition) is 4. The van der Waals surface area contributed by atoms with E-state index in [1.165, 1.54) is 0 Å². The molecule has 0 heterocycles. The minimum atomic E-state index is -0.740. The summed E-state index contributed by atoms with van der Waals surface area (Å²) in [6.45, 7) is 3.41. The van der Waals surface area contributed by atoms with Crippen molar-refractivity contribution >= 4 is 35.3 Å². The minimum absolute atomic E-state index is 0.214. The second-order valence-corrected chi connectivity index (χ2v) is 9.34. The highest BCUT2D eigenvalue weighted by Crippen LogP contribution is 2.61. The predicted molar refractivity (Wildman–Crippen MR) is 75.0 cm³/mol. The lowest BCUT2D eigenvalue weighted by Gasteiger charge is -2.13. The molecule has 0 fully saturated rings. The van der Waals surface area contributed by atoms with Crippen molar-refractivity contribution < 1.29 is 9.32 Å². The van der Waals surface area contributed by atoms with Crippen molar-refractivity contribution in [3.05, 3.63) is 35.9 Å². The van der Waals surface area contributed by atoms with Crippen LogP contribution in [0.1, 0.15) is 24.2 Å². The molecule has 1 rings (SSSR count). The highest BCUT2D eigenvalue weighted by molar-refractivity contribution is 8.87. The molecule has 0 unspecified atom stereocenters. The molecule has 0 radical (unpaired) electrons. The van der Waals surface area contributed by atoms with E-state index in [0.29, 0.717) is 5.56 Å². The first kappa shape index (κ1) is 13.9. The van der Waals surface area contributed by atoms with E-state index in [0.717, 1.165) is 11.5 Å². The smallest absolute Gasteiger partial charge is 0.342 e. The Morgan fingerprint density at radius 1 is 1.19 bits per heavy atom. The molecular formula is C11H15O2PS2. The first-order valence-corrected chi connectivity index (χ1v) is 9.55. The monoisotopic (exact) mass is 274 g/mol. The average molecular weight is 274 g/mol. The maximum Gasteiger partial charge on any atom is 0.342 e. The molecule has 0 spiro atoms. The zero-order valence-electron chi connectivity index (χ0n) is 9.38. The lowest BCUT2D eigenvalue weighted by molar-refractivity contribution is 0.0762. The standard InChI is InChI=1S/C11H15O2PS2/c1-3-15-14(16-4-2)13-11(12)10-8-6-5-7-9-10/h5-9H,3-4H2,1-2H3. The third-order valence-corrected chi connectivity index (χ3v) is 8.05. The quantitative estimate of drug-likeness (QED) is 0.709. The SMILES string of the molecule is CCSP(OC(=O)c1ccccc1)SCC. The van der Waals surface area contributed by atoms with Crippen molar-refractivity contribution in [3.63, 3.8) is 0 Å². The fraction of sp³-hybridized carbons (Fsp3) is 0.364. The van der Waals surface area contributed by atoms with Crippen molar-refractivity contribution in [1.82, 2.24) is 0 Å². The Kier molecular flexibility index (Phi) is 6.93. The van der Waals surface area contributed by atoms with Gasteiger partial charge in [0.05, 0.1) is 5.56 Å². The zero-order valence-corrected chi connectivity index (χ0v) is 11.9. The fourth-order valence-corrected chi connectivity index (χ4v) is 6.62. The van der Waals surface area contributed by atoms with E-state index in [1.807, 2.05) is 18.2 Å². The summed E-state index contributed by atoms with van der Waals surface area (Å²) in [7, 11) is 0. The van der Waals surface area contributed by atoms with Crippen LogP contribution in [-0.2, 0) is 4.52 Å². The maximum atomic E-state index is 11.8. The molecule has 1 aromatic rings. The van der Waals surface area contributed by atoms with Gasteiger partial charge < -0.3 is 4.52 Å². The van der Waals surface area contributed by atoms with Gasteiger partial charge in [0.2, 0.25) is 6.55 Å². The molecule has 0 bridgehead atoms. The minimum Gasteiger partial charge on any atom is -0.419 e. The van der Waals surface area contributed by atoms with E-state index in [1.54, 1.807) is 34.9 Å². The summed E-state index contributed by atoms with van der Waals surface area (Å²) in [6, 6.07) is 9.14. The van der Waals surface area contributed by atoms with E-state index in [2.05, 4.69) is 13.8 Å². The summed E-state index contributed by atoms with van der Waals surface area (Å²) in [5.41, 5.74) is 0.628. The van der Waals surface area contributed by atoms with E-state index >= 15 is 0 Å². The van der Waals surface area contributed by atoms with Crippen LogP contribution in [0.3, 0.4) is 0 Å². The van der Waals surface area contributed by atoms with Crippen LogP contribution in [0, 0.1) is 0 Å². The van der Waals surface area contributed by atoms with Crippen molar-refractivity contribution in [1.29, 1.82) is 0 Å². The summed E-state index contributed by atoms with van der Waals surface area (Å²) < 4.78 is 5.47. The molecule has 16 heavy (non-hydrogen) atoms. The summed E-state index contributed by atoms with van der Waals surface area (Å²) >= 11 is 3.42. The predicted octanol–water partition coefficient (Wildman–Crippen LogP) is 4.58. The van der Waals surface area contributed by atoms with E-state index in [9.17, 15) is 4.79 Å². The molecule has 5 heteroatoms. The van der Waals surface area contributed by atoms with Crippen LogP contribution in [0.4, 0.5) is 0 Å². The Bertz CT molecular complexity index is 313. The fourth-order valence-electron chi connectivity index (χ4n) is 0.995. The number of rotatable bonds is 6. The Hall–Kier alpha value is -0.180. The normalized spacial score (nSPS) is 10.4. The van der Waals surface area contributed by atoms with E-state index in [-0.39, 0.29) is 5.97 Å². The lowest BCUT2D eigenvalue weighted by Crippen LogP contribution is -1.99. The summed E-state index contributed by atoms with van der Waals surface area (Å²) in [6.07, 6.45) is 0. The number of carbonyl (C=O) groups excluding carboxylic acids is 1. The summed E-state index contributed by atoms with van der Waals surface area (Å²) in [5.74, 6) is 1.73. The average Bonchev–Trinajstić information content (AvgIpc) is 2.31. The van der Waals surface area contributed by atoms with Crippen molar-refractivity contribution in [2.24, 2.45) is 0 Å². The molecule has 0 atom stereocenters. The van der Waals surface area contributed by atoms with Gasteiger partial charge in [0.25, 0.3) is 0 Å². The van der Waals surface area contributed by atoms with Crippen molar-refractivity contribution in [2.45, 2.75) is 13.8 Å². The molecule has 0 aliphatic rings. The molecule has 0 saturated heterocycles. The van der Waals surface area contributed by atoms with Crippen molar-refractivity contribution in [3.8, 4) is 0 Å². The van der Waals surface area contributed by atoms with E-state index in [4.69, 9.17) is 4.52 Å². The third-order valence-electron chi connectivity index (χ3n) is 1.64. The van der Waals surface area contributed by atoms with E-state index < -0.39 is 6.55 Å². The van der Waals surface area contributed by atoms with Crippen LogP contribution in [-0.4, -0.2) is 17.5 Å². The first-order valence-electron chi connectivity index (χ1n) is 5.11. The zero-order chi connectivity index (χ0) is 11.8. The highest BCUT2D eigenvalue weighted by Gasteiger charge is 2.16. The summed E-state index contributed by atoms with van der Waals surface area (Å²) in [4.78, 5) is 11.8. The van der Waals surface area contributed by atoms with Gasteiger partial charge in [-0.05, 0) is 23.6 Å². The largest absolute Gasteiger partial charge is 0.419 e. The number of hydrogen-bond donors (Lipinski definition) is 0. The summed E-state index contributed by atoms with van der Waals surface area (Å²) in [5, 5.41) is 0. The number of benzene rings is 1. The topological polar surface area (TPSA) is 26.3 Å². The number of carbonyl (C=O) groups is 1. The van der Waals surface area contributed by atoms with Crippen LogP contribution in [0.15, 0.2) is 30.3 Å². The van der Waals surface area contributed by atoms with Gasteiger partial charge in [-0.1, -0.05) is 54.8 Å². The second-order valence-electron chi connectivity index (χ2n) is 2.80. The maximum absolute atomic E-state index is 11.8. The van der Waals surface area contributed by atoms with Gasteiger partial charge in [-0.3, -0.25) is 0 Å². The van der Waals surface area contributed by atoms with Gasteiger partial charge >= 0.3 is 5.97 Å². The second kappa shape index (κ2) is 7.99. The molecule has 88 valence electrons. The van der Waals surface area contributed by atoms with Gasteiger partial charge in [-0.15, -0.1) is 0 Å². The molecular weight excluding hydrogens is 259 g/mol. The third kappa shape index (κ3) is 4.77. The van der Waals surface area contributed by atoms with Gasteiger partial charge in [0, 0.05) is 0 Å². The lowest BCUT2D eigenvalue weighted by atomic mass is 10.2. The van der Waals surface area contributed by atoms with Gasteiger partial charge in [0.1, 0.15) is 0 Å². The van der Waals surface area contributed by atoms with Gasteiger partial charge in [-0.2, -0.15) is 0 Å². The van der Waals surface area contributed by atoms with Crippen molar-refractivity contribution in [2.75, 3.05) is 11.5 Å². The van der Waals surface area contributed by atoms with Crippen LogP contribution in [0.25, 0.3) is 0 Å². The van der Waals surface area contributed by atoms with Gasteiger partial charge in [0.15, 0.2) is 0 Å². The molecule has 0 saturated carbocycles. The van der Waals surface area contributed by atoms with Gasteiger partial charge in [-0.25, -0.2) is 4.79 Å². The molecule has 0 N–H and O–H groups in total. The Morgan fingerprint density at radius 3 is 2.25 bits per heavy atom. The highest BCUT2D eigenvalue weighted by atomic mass is 33.1. The van der Waals surface area contributed by atoms with Crippen LogP contribution >= 0.6 is 29.3 Å². The molecule has 0 amide bonds. The first-order chi connectivity index (χ1) is 7.77. The molecule has 0 aliphatic heterocycles. The van der Waals surface area contributed by atoms with Crippen LogP contribution in [0.5, 0.6) is 0 Å². The molecule has 0 aliphatic carbocycles. The molecule has 0 aromatic heterocycles. The Labute approximate surface area is 106 Å².